The third-order valence-corrected chi connectivity index (χ3v) is 3.32. The highest BCUT2D eigenvalue weighted by Crippen LogP contribution is 2.20. The van der Waals surface area contributed by atoms with Crippen LogP contribution in [0.3, 0.4) is 0 Å². The van der Waals surface area contributed by atoms with Gasteiger partial charge in [-0.1, -0.05) is 13.3 Å². The number of hydrogen-bond acceptors (Lipinski definition) is 3. The van der Waals surface area contributed by atoms with E-state index in [1.54, 1.807) is 12.1 Å². The number of amides is 1. The largest absolute Gasteiger partial charge is 0.508 e. The molecule has 18 heavy (non-hydrogen) atoms. The summed E-state index contributed by atoms with van der Waals surface area (Å²) in [6, 6.07) is 6.14. The first-order valence-corrected chi connectivity index (χ1v) is 6.32. The zero-order valence-corrected chi connectivity index (χ0v) is 10.5. The molecule has 0 unspecified atom stereocenters. The molecule has 0 saturated heterocycles. The molecular weight excluding hydrogens is 228 g/mol. The first kappa shape index (κ1) is 12.6. The molecule has 0 aliphatic heterocycles. The summed E-state index contributed by atoms with van der Waals surface area (Å²) in [7, 11) is 0. The maximum absolute atomic E-state index is 11.8. The average molecular weight is 246 g/mol. The lowest BCUT2D eigenvalue weighted by Gasteiger charge is -2.19. The van der Waals surface area contributed by atoms with Crippen LogP contribution in [0, 0.1) is 5.92 Å². The van der Waals surface area contributed by atoms with Gasteiger partial charge in [-0.05, 0) is 49.4 Å². The van der Waals surface area contributed by atoms with Gasteiger partial charge < -0.3 is 5.11 Å². The highest BCUT2D eigenvalue weighted by atomic mass is 16.3. The normalized spacial score (nSPS) is 21.8. The van der Waals surface area contributed by atoms with Crippen LogP contribution in [0.25, 0.3) is 0 Å². The molecule has 0 spiro atoms. The predicted molar refractivity (Wildman–Crippen MR) is 70.6 cm³/mol. The van der Waals surface area contributed by atoms with E-state index in [1.165, 1.54) is 18.6 Å². The molecule has 1 aromatic carbocycles. The van der Waals surface area contributed by atoms with Gasteiger partial charge in [-0.15, -0.1) is 0 Å². The van der Waals surface area contributed by atoms with E-state index < -0.39 is 0 Å². The Morgan fingerprint density at radius 1 is 1.33 bits per heavy atom. The molecule has 2 rings (SSSR count). The van der Waals surface area contributed by atoms with Crippen molar-refractivity contribution in [3.8, 4) is 5.75 Å². The first-order chi connectivity index (χ1) is 8.66. The fourth-order valence-electron chi connectivity index (χ4n) is 2.14. The minimum absolute atomic E-state index is 0.152. The van der Waals surface area contributed by atoms with Crippen LogP contribution >= 0.6 is 0 Å². The summed E-state index contributed by atoms with van der Waals surface area (Å²) in [4.78, 5) is 11.8. The lowest BCUT2D eigenvalue weighted by molar-refractivity contribution is 0.0954. The smallest absolute Gasteiger partial charge is 0.271 e. The van der Waals surface area contributed by atoms with E-state index in [0.29, 0.717) is 11.5 Å². The Morgan fingerprint density at radius 3 is 2.72 bits per heavy atom. The van der Waals surface area contributed by atoms with Gasteiger partial charge in [0.05, 0.1) is 0 Å². The number of phenolic OH excluding ortho intramolecular Hbond substituents is 1. The number of carbonyl (C=O) groups excluding carboxylic acids is 1. The average Bonchev–Trinajstić information content (AvgIpc) is 2.38. The minimum Gasteiger partial charge on any atom is -0.508 e. The molecule has 2 N–H and O–H groups in total. The van der Waals surface area contributed by atoms with E-state index in [1.807, 2.05) is 0 Å². The van der Waals surface area contributed by atoms with Crippen molar-refractivity contribution in [3.63, 3.8) is 0 Å². The number of carbonyl (C=O) groups is 1. The molecule has 0 heterocycles. The van der Waals surface area contributed by atoms with Crippen molar-refractivity contribution in [2.75, 3.05) is 0 Å². The zero-order chi connectivity index (χ0) is 13.0. The maximum Gasteiger partial charge on any atom is 0.271 e. The fraction of sp³-hybridized carbons (Fsp3) is 0.429. The number of hydrazone groups is 1. The second-order valence-corrected chi connectivity index (χ2v) is 4.74. The van der Waals surface area contributed by atoms with Gasteiger partial charge in [0, 0.05) is 11.3 Å². The monoisotopic (exact) mass is 246 g/mol. The van der Waals surface area contributed by atoms with Crippen molar-refractivity contribution >= 4 is 11.6 Å². The third kappa shape index (κ3) is 3.09. The van der Waals surface area contributed by atoms with Gasteiger partial charge in [0.15, 0.2) is 0 Å². The molecule has 0 aromatic heterocycles. The van der Waals surface area contributed by atoms with Crippen molar-refractivity contribution in [2.24, 2.45) is 11.0 Å². The van der Waals surface area contributed by atoms with Gasteiger partial charge in [0.1, 0.15) is 5.75 Å². The van der Waals surface area contributed by atoms with Crippen molar-refractivity contribution in [2.45, 2.75) is 32.6 Å². The van der Waals surface area contributed by atoms with E-state index in [9.17, 15) is 4.79 Å². The van der Waals surface area contributed by atoms with E-state index in [4.69, 9.17) is 5.11 Å². The molecule has 1 amide bonds. The summed E-state index contributed by atoms with van der Waals surface area (Å²) in [5.74, 6) is 0.373. The Morgan fingerprint density at radius 2 is 2.06 bits per heavy atom. The quantitative estimate of drug-likeness (QED) is 0.788. The summed E-state index contributed by atoms with van der Waals surface area (Å²) in [6.45, 7) is 2.14. The Hall–Kier alpha value is -1.84. The number of benzene rings is 1. The van der Waals surface area contributed by atoms with Crippen LogP contribution in [0.5, 0.6) is 5.75 Å². The van der Waals surface area contributed by atoms with E-state index in [2.05, 4.69) is 17.5 Å². The van der Waals surface area contributed by atoms with Crippen LogP contribution in [0.2, 0.25) is 0 Å². The topological polar surface area (TPSA) is 61.7 Å². The minimum atomic E-state index is -0.236. The standard InChI is InChI=1S/C14H18N2O2/c1-10-4-2-3-5-13(10)15-16-14(18)11-6-8-12(17)9-7-11/h6-10,17H,2-5H2,1H3,(H,16,18)/b15-13-/t10-/m1/s1. The zero-order valence-electron chi connectivity index (χ0n) is 10.5. The molecule has 1 aliphatic rings. The molecular formula is C14H18N2O2. The van der Waals surface area contributed by atoms with Gasteiger partial charge >= 0.3 is 0 Å². The second kappa shape index (κ2) is 5.67. The van der Waals surface area contributed by atoms with E-state index >= 15 is 0 Å². The number of nitrogens with zero attached hydrogens (tertiary/aromatic N) is 1. The van der Waals surface area contributed by atoms with Crippen LogP contribution in [-0.4, -0.2) is 16.7 Å². The van der Waals surface area contributed by atoms with Crippen molar-refractivity contribution in [1.29, 1.82) is 0 Å². The van der Waals surface area contributed by atoms with Crippen molar-refractivity contribution < 1.29 is 9.90 Å². The third-order valence-electron chi connectivity index (χ3n) is 3.32. The van der Waals surface area contributed by atoms with Gasteiger partial charge in [-0.2, -0.15) is 5.10 Å². The molecule has 1 fully saturated rings. The number of nitrogens with one attached hydrogen (secondary N) is 1. The van der Waals surface area contributed by atoms with Crippen LogP contribution < -0.4 is 5.43 Å². The fourth-order valence-corrected chi connectivity index (χ4v) is 2.14. The molecule has 1 atom stereocenters. The number of hydrogen-bond donors (Lipinski definition) is 2. The van der Waals surface area contributed by atoms with Gasteiger partial charge in [0.2, 0.25) is 0 Å². The predicted octanol–water partition coefficient (Wildman–Crippen LogP) is 2.69. The molecule has 0 bridgehead atoms. The SMILES string of the molecule is C[C@@H]1CCCC/C1=N/NC(=O)c1ccc(O)cc1. The van der Waals surface area contributed by atoms with Crippen LogP contribution in [0.15, 0.2) is 29.4 Å². The number of aromatic hydroxyl groups is 1. The maximum atomic E-state index is 11.8. The van der Waals surface area contributed by atoms with Crippen LogP contribution in [0.1, 0.15) is 43.0 Å². The lowest BCUT2D eigenvalue weighted by Crippen LogP contribution is -2.24. The second-order valence-electron chi connectivity index (χ2n) is 4.74. The molecule has 4 heteroatoms. The molecule has 4 nitrogen and oxygen atoms in total. The molecule has 1 aliphatic carbocycles. The summed E-state index contributed by atoms with van der Waals surface area (Å²) < 4.78 is 0. The Balaban J connectivity index is 1.99. The van der Waals surface area contributed by atoms with Crippen LogP contribution in [-0.2, 0) is 0 Å². The highest BCUT2D eigenvalue weighted by Gasteiger charge is 2.16. The summed E-state index contributed by atoms with van der Waals surface area (Å²) in [5, 5.41) is 13.4. The van der Waals surface area contributed by atoms with Crippen molar-refractivity contribution in [3.05, 3.63) is 29.8 Å². The van der Waals surface area contributed by atoms with Gasteiger partial charge in [0.25, 0.3) is 5.91 Å². The highest BCUT2D eigenvalue weighted by molar-refractivity contribution is 5.95. The number of rotatable bonds is 2. The van der Waals surface area contributed by atoms with E-state index in [0.717, 1.165) is 25.0 Å². The summed E-state index contributed by atoms with van der Waals surface area (Å²) in [5.41, 5.74) is 4.16. The van der Waals surface area contributed by atoms with Crippen molar-refractivity contribution in [1.82, 2.24) is 5.43 Å². The van der Waals surface area contributed by atoms with E-state index in [-0.39, 0.29) is 11.7 Å². The molecule has 1 aromatic rings. The first-order valence-electron chi connectivity index (χ1n) is 6.32. The Labute approximate surface area is 107 Å². The summed E-state index contributed by atoms with van der Waals surface area (Å²) >= 11 is 0. The summed E-state index contributed by atoms with van der Waals surface area (Å²) in [6.07, 6.45) is 4.51. The Bertz CT molecular complexity index is 451. The number of phenols is 1. The van der Waals surface area contributed by atoms with Gasteiger partial charge in [-0.3, -0.25) is 4.79 Å². The van der Waals surface area contributed by atoms with Gasteiger partial charge in [-0.25, -0.2) is 5.43 Å². The molecule has 1 saturated carbocycles. The van der Waals surface area contributed by atoms with Crippen LogP contribution in [0.4, 0.5) is 0 Å². The molecule has 96 valence electrons. The molecule has 0 radical (unpaired) electrons. The lowest BCUT2D eigenvalue weighted by atomic mass is 9.89. The Kier molecular flexibility index (Phi) is 3.97.